The SMILES string of the molecule is Cc1ccc(C(N)c2cc3cccc(C)c3o2)c(Br)c1. The first-order valence-electron chi connectivity index (χ1n) is 6.57. The molecule has 0 aliphatic heterocycles. The van der Waals surface area contributed by atoms with Crippen molar-refractivity contribution in [2.24, 2.45) is 5.73 Å². The number of aryl methyl sites for hydroxylation is 2. The number of benzene rings is 2. The normalized spacial score (nSPS) is 12.8. The van der Waals surface area contributed by atoms with E-state index in [1.165, 1.54) is 5.56 Å². The van der Waals surface area contributed by atoms with Crippen LogP contribution in [0.2, 0.25) is 0 Å². The van der Waals surface area contributed by atoms with Gasteiger partial charge in [-0.2, -0.15) is 0 Å². The molecule has 0 saturated carbocycles. The van der Waals surface area contributed by atoms with Crippen molar-refractivity contribution in [2.45, 2.75) is 19.9 Å². The van der Waals surface area contributed by atoms with E-state index in [-0.39, 0.29) is 6.04 Å². The molecule has 3 heteroatoms. The van der Waals surface area contributed by atoms with Gasteiger partial charge in [0.1, 0.15) is 11.3 Å². The van der Waals surface area contributed by atoms with Crippen LogP contribution in [-0.2, 0) is 0 Å². The fourth-order valence-corrected chi connectivity index (χ4v) is 3.16. The van der Waals surface area contributed by atoms with Crippen molar-refractivity contribution in [1.82, 2.24) is 0 Å². The molecule has 0 bridgehead atoms. The summed E-state index contributed by atoms with van der Waals surface area (Å²) in [6.07, 6.45) is 0. The highest BCUT2D eigenvalue weighted by Crippen LogP contribution is 2.32. The molecule has 0 aliphatic carbocycles. The van der Waals surface area contributed by atoms with Crippen molar-refractivity contribution in [3.05, 3.63) is 69.4 Å². The molecular weight excluding hydrogens is 314 g/mol. The monoisotopic (exact) mass is 329 g/mol. The van der Waals surface area contributed by atoms with Gasteiger partial charge in [-0.25, -0.2) is 0 Å². The van der Waals surface area contributed by atoms with Gasteiger partial charge in [0.15, 0.2) is 0 Å². The summed E-state index contributed by atoms with van der Waals surface area (Å²) in [4.78, 5) is 0. The van der Waals surface area contributed by atoms with E-state index in [0.29, 0.717) is 0 Å². The predicted octanol–water partition coefficient (Wildman–Crippen LogP) is 4.86. The second-order valence-electron chi connectivity index (χ2n) is 5.14. The number of halogens is 1. The highest BCUT2D eigenvalue weighted by molar-refractivity contribution is 9.10. The van der Waals surface area contributed by atoms with Crippen LogP contribution in [-0.4, -0.2) is 0 Å². The Labute approximate surface area is 126 Å². The Balaban J connectivity index is 2.08. The lowest BCUT2D eigenvalue weighted by Crippen LogP contribution is -2.11. The first-order valence-corrected chi connectivity index (χ1v) is 7.36. The van der Waals surface area contributed by atoms with Crippen LogP contribution in [0.5, 0.6) is 0 Å². The lowest BCUT2D eigenvalue weighted by molar-refractivity contribution is 0.523. The zero-order chi connectivity index (χ0) is 14.3. The van der Waals surface area contributed by atoms with Crippen molar-refractivity contribution < 1.29 is 4.42 Å². The largest absolute Gasteiger partial charge is 0.459 e. The molecule has 1 aromatic heterocycles. The summed E-state index contributed by atoms with van der Waals surface area (Å²) >= 11 is 3.58. The predicted molar refractivity (Wildman–Crippen MR) is 85.9 cm³/mol. The third-order valence-corrected chi connectivity index (χ3v) is 4.24. The second-order valence-corrected chi connectivity index (χ2v) is 6.00. The van der Waals surface area contributed by atoms with Gasteiger partial charge in [0.25, 0.3) is 0 Å². The van der Waals surface area contributed by atoms with Crippen LogP contribution in [0.25, 0.3) is 11.0 Å². The fraction of sp³-hybridized carbons (Fsp3) is 0.176. The van der Waals surface area contributed by atoms with Crippen LogP contribution in [0.15, 0.2) is 51.4 Å². The summed E-state index contributed by atoms with van der Waals surface area (Å²) in [6, 6.07) is 14.1. The van der Waals surface area contributed by atoms with E-state index in [1.54, 1.807) is 0 Å². The third kappa shape index (κ3) is 2.28. The zero-order valence-electron chi connectivity index (χ0n) is 11.5. The number of hydrogen-bond donors (Lipinski definition) is 1. The average Bonchev–Trinajstić information content (AvgIpc) is 2.83. The van der Waals surface area contributed by atoms with Gasteiger partial charge in [0.05, 0.1) is 6.04 Å². The molecule has 2 N–H and O–H groups in total. The number of rotatable bonds is 2. The minimum Gasteiger partial charge on any atom is -0.459 e. The van der Waals surface area contributed by atoms with Crippen LogP contribution in [0.3, 0.4) is 0 Å². The van der Waals surface area contributed by atoms with E-state index < -0.39 is 0 Å². The number of fused-ring (bicyclic) bond motifs is 1. The maximum Gasteiger partial charge on any atom is 0.137 e. The molecule has 3 rings (SSSR count). The zero-order valence-corrected chi connectivity index (χ0v) is 13.1. The Morgan fingerprint density at radius 1 is 1.10 bits per heavy atom. The number of para-hydroxylation sites is 1. The van der Waals surface area contributed by atoms with Gasteiger partial charge in [-0.3, -0.25) is 0 Å². The second kappa shape index (κ2) is 5.08. The maximum atomic E-state index is 6.36. The molecule has 1 atom stereocenters. The Kier molecular flexibility index (Phi) is 3.40. The standard InChI is InChI=1S/C17H16BrNO/c1-10-6-7-13(14(18)8-10)16(19)15-9-12-5-3-4-11(2)17(12)20-15/h3-9,16H,19H2,1-2H3. The molecule has 2 aromatic carbocycles. The van der Waals surface area contributed by atoms with Crippen molar-refractivity contribution in [3.63, 3.8) is 0 Å². The Bertz CT molecular complexity index is 776. The first kappa shape index (κ1) is 13.4. The first-order chi connectivity index (χ1) is 9.56. The molecule has 2 nitrogen and oxygen atoms in total. The van der Waals surface area contributed by atoms with Crippen LogP contribution in [0, 0.1) is 13.8 Å². The van der Waals surface area contributed by atoms with E-state index in [0.717, 1.165) is 32.3 Å². The number of nitrogens with two attached hydrogens (primary N) is 1. The molecule has 0 amide bonds. The summed E-state index contributed by atoms with van der Waals surface area (Å²) in [5.41, 5.74) is 10.6. The van der Waals surface area contributed by atoms with Crippen molar-refractivity contribution >= 4 is 26.9 Å². The molecule has 0 aliphatic rings. The topological polar surface area (TPSA) is 39.2 Å². The molecular formula is C17H16BrNO. The Hall–Kier alpha value is -1.58. The van der Waals surface area contributed by atoms with E-state index >= 15 is 0 Å². The molecule has 0 saturated heterocycles. The van der Waals surface area contributed by atoms with Gasteiger partial charge in [-0.15, -0.1) is 0 Å². The highest BCUT2D eigenvalue weighted by atomic mass is 79.9. The van der Waals surface area contributed by atoms with Crippen LogP contribution in [0.1, 0.15) is 28.5 Å². The third-order valence-electron chi connectivity index (χ3n) is 3.56. The number of furan rings is 1. The molecule has 102 valence electrons. The van der Waals surface area contributed by atoms with Crippen LogP contribution in [0.4, 0.5) is 0 Å². The van der Waals surface area contributed by atoms with Crippen molar-refractivity contribution in [2.75, 3.05) is 0 Å². The summed E-state index contributed by atoms with van der Waals surface area (Å²) in [6.45, 7) is 4.10. The Morgan fingerprint density at radius 3 is 2.60 bits per heavy atom. The van der Waals surface area contributed by atoms with Crippen LogP contribution < -0.4 is 5.73 Å². The number of hydrogen-bond acceptors (Lipinski definition) is 2. The van der Waals surface area contributed by atoms with Gasteiger partial charge in [-0.05, 0) is 42.7 Å². The molecule has 1 unspecified atom stereocenters. The lowest BCUT2D eigenvalue weighted by Gasteiger charge is -2.11. The van der Waals surface area contributed by atoms with E-state index in [2.05, 4.69) is 35.0 Å². The Morgan fingerprint density at radius 2 is 1.90 bits per heavy atom. The summed E-state index contributed by atoms with van der Waals surface area (Å²) in [5.74, 6) is 0.791. The molecule has 0 radical (unpaired) electrons. The van der Waals surface area contributed by atoms with Gasteiger partial charge in [0, 0.05) is 9.86 Å². The minimum absolute atomic E-state index is 0.267. The summed E-state index contributed by atoms with van der Waals surface area (Å²) in [7, 11) is 0. The van der Waals surface area contributed by atoms with Crippen LogP contribution >= 0.6 is 15.9 Å². The van der Waals surface area contributed by atoms with E-state index in [1.807, 2.05) is 37.3 Å². The van der Waals surface area contributed by atoms with Gasteiger partial charge in [0.2, 0.25) is 0 Å². The molecule has 1 heterocycles. The quantitative estimate of drug-likeness (QED) is 0.729. The lowest BCUT2D eigenvalue weighted by atomic mass is 10.0. The smallest absolute Gasteiger partial charge is 0.137 e. The van der Waals surface area contributed by atoms with E-state index in [4.69, 9.17) is 10.2 Å². The van der Waals surface area contributed by atoms with Crippen molar-refractivity contribution in [1.29, 1.82) is 0 Å². The maximum absolute atomic E-state index is 6.36. The summed E-state index contributed by atoms with van der Waals surface area (Å²) < 4.78 is 6.97. The van der Waals surface area contributed by atoms with E-state index in [9.17, 15) is 0 Å². The van der Waals surface area contributed by atoms with Gasteiger partial charge in [-0.1, -0.05) is 46.3 Å². The van der Waals surface area contributed by atoms with Crippen molar-refractivity contribution in [3.8, 4) is 0 Å². The molecule has 20 heavy (non-hydrogen) atoms. The average molecular weight is 330 g/mol. The fourth-order valence-electron chi connectivity index (χ4n) is 2.42. The van der Waals surface area contributed by atoms with Gasteiger partial charge >= 0.3 is 0 Å². The molecule has 0 fully saturated rings. The molecule has 0 spiro atoms. The van der Waals surface area contributed by atoms with Gasteiger partial charge < -0.3 is 10.2 Å². The minimum atomic E-state index is -0.267. The summed E-state index contributed by atoms with van der Waals surface area (Å²) in [5, 5.41) is 1.10. The highest BCUT2D eigenvalue weighted by Gasteiger charge is 2.17. The molecule has 3 aromatic rings.